The molecule has 1 aromatic rings. The van der Waals surface area contributed by atoms with Crippen molar-refractivity contribution in [2.24, 2.45) is 0 Å². The lowest BCUT2D eigenvalue weighted by atomic mass is 9.85. The maximum absolute atomic E-state index is 5.21. The second-order valence-corrected chi connectivity index (χ2v) is 12.1. The van der Waals surface area contributed by atoms with E-state index in [4.69, 9.17) is 4.74 Å². The SMILES string of the molecule is CCCCCCCCc1c(CCCCCC)ccc(CCCCCCCCOC)c1CCCCCCCC. The highest BCUT2D eigenvalue weighted by Gasteiger charge is 2.14. The van der Waals surface area contributed by atoms with E-state index in [9.17, 15) is 0 Å². The van der Waals surface area contributed by atoms with E-state index in [1.54, 1.807) is 22.3 Å². The van der Waals surface area contributed by atoms with Gasteiger partial charge in [-0.05, 0) is 80.0 Å². The van der Waals surface area contributed by atoms with Gasteiger partial charge in [-0.15, -0.1) is 0 Å². The van der Waals surface area contributed by atoms with Crippen LogP contribution >= 0.6 is 0 Å². The van der Waals surface area contributed by atoms with Crippen molar-refractivity contribution in [1.29, 1.82) is 0 Å². The Morgan fingerprint density at radius 2 is 0.711 bits per heavy atom. The lowest BCUT2D eigenvalue weighted by Crippen LogP contribution is -2.07. The summed E-state index contributed by atoms with van der Waals surface area (Å²) in [4.78, 5) is 0. The second kappa shape index (κ2) is 26.4. The number of benzene rings is 1. The van der Waals surface area contributed by atoms with Crippen LogP contribution in [0.25, 0.3) is 0 Å². The fourth-order valence-electron chi connectivity index (χ4n) is 6.06. The highest BCUT2D eigenvalue weighted by molar-refractivity contribution is 5.42. The molecule has 0 aliphatic rings. The van der Waals surface area contributed by atoms with Crippen LogP contribution in [0.4, 0.5) is 0 Å². The van der Waals surface area contributed by atoms with Gasteiger partial charge >= 0.3 is 0 Å². The van der Waals surface area contributed by atoms with Gasteiger partial charge in [-0.25, -0.2) is 0 Å². The molecule has 0 atom stereocenters. The summed E-state index contributed by atoms with van der Waals surface area (Å²) in [5.74, 6) is 0. The van der Waals surface area contributed by atoms with Crippen LogP contribution in [0.3, 0.4) is 0 Å². The summed E-state index contributed by atoms with van der Waals surface area (Å²) in [5, 5.41) is 0. The van der Waals surface area contributed by atoms with E-state index < -0.39 is 0 Å². The van der Waals surface area contributed by atoms with Gasteiger partial charge in [-0.3, -0.25) is 0 Å². The highest BCUT2D eigenvalue weighted by atomic mass is 16.5. The van der Waals surface area contributed by atoms with Crippen molar-refractivity contribution in [2.75, 3.05) is 13.7 Å². The van der Waals surface area contributed by atoms with Gasteiger partial charge in [-0.1, -0.05) is 142 Å². The third-order valence-electron chi connectivity index (χ3n) is 8.53. The van der Waals surface area contributed by atoms with Gasteiger partial charge in [0.2, 0.25) is 0 Å². The monoisotopic (exact) mass is 529 g/mol. The first-order valence-corrected chi connectivity index (χ1v) is 17.4. The van der Waals surface area contributed by atoms with Gasteiger partial charge in [0.15, 0.2) is 0 Å². The van der Waals surface area contributed by atoms with Crippen molar-refractivity contribution in [3.63, 3.8) is 0 Å². The highest BCUT2D eigenvalue weighted by Crippen LogP contribution is 2.28. The summed E-state index contributed by atoms with van der Waals surface area (Å²) in [6.07, 6.45) is 35.6. The van der Waals surface area contributed by atoms with Crippen LogP contribution in [0.1, 0.15) is 184 Å². The maximum atomic E-state index is 5.21. The number of aryl methyl sites for hydroxylation is 2. The number of hydrogen-bond acceptors (Lipinski definition) is 1. The van der Waals surface area contributed by atoms with E-state index >= 15 is 0 Å². The molecule has 0 spiro atoms. The molecule has 0 heterocycles. The Bertz CT molecular complexity index is 634. The minimum Gasteiger partial charge on any atom is -0.385 e. The molecule has 1 heteroatoms. The summed E-state index contributed by atoms with van der Waals surface area (Å²) in [7, 11) is 1.82. The molecule has 0 bridgehead atoms. The Hall–Kier alpha value is -0.820. The van der Waals surface area contributed by atoms with Crippen molar-refractivity contribution >= 4 is 0 Å². The maximum Gasteiger partial charge on any atom is 0.0462 e. The van der Waals surface area contributed by atoms with Crippen molar-refractivity contribution in [1.82, 2.24) is 0 Å². The average Bonchev–Trinajstić information content (AvgIpc) is 2.93. The smallest absolute Gasteiger partial charge is 0.0462 e. The largest absolute Gasteiger partial charge is 0.385 e. The summed E-state index contributed by atoms with van der Waals surface area (Å²) in [6, 6.07) is 5.12. The first-order chi connectivity index (χ1) is 18.8. The molecule has 0 fully saturated rings. The van der Waals surface area contributed by atoms with Crippen LogP contribution in [-0.4, -0.2) is 13.7 Å². The molecule has 0 saturated carbocycles. The predicted molar refractivity (Wildman–Crippen MR) is 172 cm³/mol. The van der Waals surface area contributed by atoms with Crippen molar-refractivity contribution in [3.8, 4) is 0 Å². The molecule has 0 aliphatic carbocycles. The number of ether oxygens (including phenoxy) is 1. The molecule has 1 rings (SSSR count). The topological polar surface area (TPSA) is 9.23 Å². The zero-order valence-corrected chi connectivity index (χ0v) is 26.7. The molecule has 1 aromatic carbocycles. The third kappa shape index (κ3) is 17.7. The molecule has 0 saturated heterocycles. The van der Waals surface area contributed by atoms with Crippen LogP contribution in [0.15, 0.2) is 12.1 Å². The molecule has 0 amide bonds. The zero-order valence-electron chi connectivity index (χ0n) is 26.7. The minimum absolute atomic E-state index is 0.925. The molecular formula is C37H68O. The van der Waals surface area contributed by atoms with Gasteiger partial charge in [0, 0.05) is 13.7 Å². The minimum atomic E-state index is 0.925. The Labute approximate surface area is 240 Å². The summed E-state index contributed by atoms with van der Waals surface area (Å²) >= 11 is 0. The Morgan fingerprint density at radius 3 is 1.11 bits per heavy atom. The van der Waals surface area contributed by atoms with Crippen LogP contribution in [0.5, 0.6) is 0 Å². The van der Waals surface area contributed by atoms with Gasteiger partial charge < -0.3 is 4.74 Å². The Balaban J connectivity index is 2.87. The van der Waals surface area contributed by atoms with Crippen LogP contribution in [-0.2, 0) is 30.4 Å². The van der Waals surface area contributed by atoms with Gasteiger partial charge in [0.1, 0.15) is 0 Å². The molecule has 0 unspecified atom stereocenters. The Kier molecular flexibility index (Phi) is 24.5. The van der Waals surface area contributed by atoms with Crippen molar-refractivity contribution in [3.05, 3.63) is 34.4 Å². The number of methoxy groups -OCH3 is 1. The lowest BCUT2D eigenvalue weighted by Gasteiger charge is -2.20. The standard InChI is InChI=1S/C37H68O/c1-5-8-11-14-19-24-29-36-34(27-22-13-10-7-3)31-32-35(28-23-18-16-17-21-26-33-38-4)37(36)30-25-20-15-12-9-6-2/h31-32H,5-30,33H2,1-4H3. The van der Waals surface area contributed by atoms with E-state index in [1.807, 2.05) is 7.11 Å². The van der Waals surface area contributed by atoms with Crippen molar-refractivity contribution in [2.45, 2.75) is 188 Å². The molecule has 1 nitrogen and oxygen atoms in total. The summed E-state index contributed by atoms with van der Waals surface area (Å²) in [5.41, 5.74) is 7.00. The normalized spacial score (nSPS) is 11.5. The van der Waals surface area contributed by atoms with Crippen LogP contribution in [0.2, 0.25) is 0 Å². The van der Waals surface area contributed by atoms with Gasteiger partial charge in [-0.2, -0.15) is 0 Å². The van der Waals surface area contributed by atoms with E-state index in [1.165, 1.54) is 167 Å². The number of rotatable bonds is 28. The molecule has 0 N–H and O–H groups in total. The molecule has 0 radical (unpaired) electrons. The average molecular weight is 529 g/mol. The van der Waals surface area contributed by atoms with E-state index in [0.29, 0.717) is 0 Å². The molecule has 38 heavy (non-hydrogen) atoms. The molecule has 0 aliphatic heterocycles. The fraction of sp³-hybridized carbons (Fsp3) is 0.838. The van der Waals surface area contributed by atoms with E-state index in [-0.39, 0.29) is 0 Å². The number of hydrogen-bond donors (Lipinski definition) is 0. The lowest BCUT2D eigenvalue weighted by molar-refractivity contribution is 0.192. The van der Waals surface area contributed by atoms with Crippen LogP contribution in [0, 0.1) is 0 Å². The van der Waals surface area contributed by atoms with Gasteiger partial charge in [0.05, 0.1) is 0 Å². The number of unbranched alkanes of at least 4 members (excludes halogenated alkanes) is 18. The van der Waals surface area contributed by atoms with E-state index in [0.717, 1.165) is 6.61 Å². The third-order valence-corrected chi connectivity index (χ3v) is 8.53. The molecule has 0 aromatic heterocycles. The first-order valence-electron chi connectivity index (χ1n) is 17.4. The summed E-state index contributed by atoms with van der Waals surface area (Å²) in [6.45, 7) is 7.91. The first kappa shape index (κ1) is 35.2. The molecular weight excluding hydrogens is 460 g/mol. The fourth-order valence-corrected chi connectivity index (χ4v) is 6.06. The quantitative estimate of drug-likeness (QED) is 0.0982. The van der Waals surface area contributed by atoms with E-state index in [2.05, 4.69) is 32.9 Å². The van der Waals surface area contributed by atoms with Crippen LogP contribution < -0.4 is 0 Å². The second-order valence-electron chi connectivity index (χ2n) is 12.1. The van der Waals surface area contributed by atoms with Crippen molar-refractivity contribution < 1.29 is 4.74 Å². The predicted octanol–water partition coefficient (Wildman–Crippen LogP) is 12.1. The van der Waals surface area contributed by atoms with Gasteiger partial charge in [0.25, 0.3) is 0 Å². The Morgan fingerprint density at radius 1 is 0.395 bits per heavy atom. The summed E-state index contributed by atoms with van der Waals surface area (Å²) < 4.78 is 5.21. The molecule has 222 valence electrons. The zero-order chi connectivity index (χ0) is 27.5.